The molecule has 2 aromatic carbocycles. The maximum Gasteiger partial charge on any atom is 0.250 e. The van der Waals surface area contributed by atoms with Crippen LogP contribution >= 0.6 is 11.8 Å². The number of aromatic nitrogens is 4. The molecule has 0 fully saturated rings. The molecule has 0 radical (unpaired) electrons. The number of ether oxygens (including phenoxy) is 1. The molecule has 0 bridgehead atoms. The first-order valence-corrected chi connectivity index (χ1v) is 11.3. The Balaban J connectivity index is 1.52. The minimum absolute atomic E-state index is 0.133. The highest BCUT2D eigenvalue weighted by Crippen LogP contribution is 2.28. The lowest BCUT2D eigenvalue weighted by molar-refractivity contribution is -0.118. The van der Waals surface area contributed by atoms with Crippen LogP contribution in [-0.2, 0) is 4.79 Å². The van der Waals surface area contributed by atoms with E-state index in [1.54, 1.807) is 18.6 Å². The summed E-state index contributed by atoms with van der Waals surface area (Å²) in [7, 11) is 0. The van der Waals surface area contributed by atoms with E-state index in [4.69, 9.17) is 4.74 Å². The van der Waals surface area contributed by atoms with Crippen LogP contribution in [0, 0.1) is 0 Å². The number of benzene rings is 2. The SMILES string of the molecule is CCOc1ccc(-n2c(SCC(=O)N/N=C\c3ccccc3)nnc2-c2cccnc2)cc1. The maximum absolute atomic E-state index is 12.3. The van der Waals surface area contributed by atoms with Crippen LogP contribution in [0.3, 0.4) is 0 Å². The molecule has 0 aliphatic heterocycles. The first-order chi connectivity index (χ1) is 16.2. The van der Waals surface area contributed by atoms with Crippen LogP contribution in [0.25, 0.3) is 17.1 Å². The molecule has 1 amide bonds. The van der Waals surface area contributed by atoms with Gasteiger partial charge in [-0.05, 0) is 48.9 Å². The van der Waals surface area contributed by atoms with Gasteiger partial charge in [0.2, 0.25) is 0 Å². The van der Waals surface area contributed by atoms with Crippen LogP contribution in [0.5, 0.6) is 5.75 Å². The van der Waals surface area contributed by atoms with Crippen molar-refractivity contribution in [2.45, 2.75) is 12.1 Å². The van der Waals surface area contributed by atoms with Crippen molar-refractivity contribution in [1.29, 1.82) is 0 Å². The number of carbonyl (C=O) groups is 1. The third kappa shape index (κ3) is 5.83. The third-order valence-corrected chi connectivity index (χ3v) is 5.42. The van der Waals surface area contributed by atoms with E-state index in [9.17, 15) is 4.79 Å². The molecule has 0 atom stereocenters. The Morgan fingerprint density at radius 2 is 1.91 bits per heavy atom. The maximum atomic E-state index is 12.3. The van der Waals surface area contributed by atoms with Gasteiger partial charge in [-0.25, -0.2) is 5.43 Å². The van der Waals surface area contributed by atoms with E-state index < -0.39 is 0 Å². The van der Waals surface area contributed by atoms with Crippen LogP contribution in [-0.4, -0.2) is 44.2 Å². The standard InChI is InChI=1S/C24H22N6O2S/c1-2-32-21-12-10-20(11-13-21)30-23(19-9-6-14-25-16-19)28-29-24(30)33-17-22(31)27-26-15-18-7-4-3-5-8-18/h3-16H,2,17H2,1H3,(H,27,31)/b26-15-. The first-order valence-electron chi connectivity index (χ1n) is 10.3. The molecule has 0 spiro atoms. The summed E-state index contributed by atoms with van der Waals surface area (Å²) < 4.78 is 7.45. The van der Waals surface area contributed by atoms with Crippen LogP contribution in [0.1, 0.15) is 12.5 Å². The monoisotopic (exact) mass is 458 g/mol. The second kappa shape index (κ2) is 11.1. The fourth-order valence-corrected chi connectivity index (χ4v) is 3.76. The summed E-state index contributed by atoms with van der Waals surface area (Å²) >= 11 is 1.28. The molecular weight excluding hydrogens is 436 g/mol. The average Bonchev–Trinajstić information content (AvgIpc) is 3.29. The summed E-state index contributed by atoms with van der Waals surface area (Å²) in [4.78, 5) is 16.5. The van der Waals surface area contributed by atoms with E-state index in [0.717, 1.165) is 22.6 Å². The number of hydrogen-bond acceptors (Lipinski definition) is 7. The summed E-state index contributed by atoms with van der Waals surface area (Å²) in [5.41, 5.74) is 5.13. The lowest BCUT2D eigenvalue weighted by Gasteiger charge is -2.11. The molecule has 0 unspecified atom stereocenters. The Labute approximate surface area is 195 Å². The molecule has 33 heavy (non-hydrogen) atoms. The van der Waals surface area contributed by atoms with Gasteiger partial charge in [0.25, 0.3) is 5.91 Å². The van der Waals surface area contributed by atoms with E-state index in [0.29, 0.717) is 17.6 Å². The summed E-state index contributed by atoms with van der Waals surface area (Å²) in [6.45, 7) is 2.54. The molecular formula is C24H22N6O2S. The number of hydrogen-bond donors (Lipinski definition) is 1. The lowest BCUT2D eigenvalue weighted by atomic mass is 10.2. The highest BCUT2D eigenvalue weighted by Gasteiger charge is 2.17. The van der Waals surface area contributed by atoms with E-state index in [1.165, 1.54) is 11.8 Å². The van der Waals surface area contributed by atoms with Gasteiger partial charge in [0.1, 0.15) is 5.75 Å². The number of hydrazone groups is 1. The second-order valence-corrected chi connectivity index (χ2v) is 7.75. The Hall–Kier alpha value is -3.98. The molecule has 2 aromatic heterocycles. The zero-order valence-electron chi connectivity index (χ0n) is 18.0. The van der Waals surface area contributed by atoms with Crippen molar-refractivity contribution in [3.63, 3.8) is 0 Å². The first kappa shape index (κ1) is 22.2. The largest absolute Gasteiger partial charge is 0.494 e. The third-order valence-electron chi connectivity index (χ3n) is 4.49. The second-order valence-electron chi connectivity index (χ2n) is 6.80. The highest BCUT2D eigenvalue weighted by molar-refractivity contribution is 7.99. The molecule has 0 saturated heterocycles. The molecule has 0 saturated carbocycles. The van der Waals surface area contributed by atoms with Crippen molar-refractivity contribution in [3.05, 3.63) is 84.7 Å². The van der Waals surface area contributed by atoms with Gasteiger partial charge in [-0.2, -0.15) is 5.10 Å². The number of pyridine rings is 1. The lowest BCUT2D eigenvalue weighted by Crippen LogP contribution is -2.20. The van der Waals surface area contributed by atoms with Gasteiger partial charge in [-0.1, -0.05) is 42.1 Å². The van der Waals surface area contributed by atoms with Crippen LogP contribution in [0.2, 0.25) is 0 Å². The van der Waals surface area contributed by atoms with Crippen LogP contribution in [0.4, 0.5) is 0 Å². The summed E-state index contributed by atoms with van der Waals surface area (Å²) in [5, 5.41) is 13.3. The molecule has 4 rings (SSSR count). The van der Waals surface area contributed by atoms with E-state index >= 15 is 0 Å². The zero-order chi connectivity index (χ0) is 22.9. The molecule has 166 valence electrons. The minimum atomic E-state index is -0.239. The fourth-order valence-electron chi connectivity index (χ4n) is 3.02. The zero-order valence-corrected chi connectivity index (χ0v) is 18.8. The van der Waals surface area contributed by atoms with Gasteiger partial charge in [0.15, 0.2) is 11.0 Å². The van der Waals surface area contributed by atoms with Gasteiger partial charge in [0, 0.05) is 23.6 Å². The van der Waals surface area contributed by atoms with Crippen LogP contribution in [0.15, 0.2) is 89.4 Å². The molecule has 0 aliphatic rings. The number of nitrogens with zero attached hydrogens (tertiary/aromatic N) is 5. The van der Waals surface area contributed by atoms with Crippen molar-refractivity contribution in [3.8, 4) is 22.8 Å². The number of nitrogens with one attached hydrogen (secondary N) is 1. The van der Waals surface area contributed by atoms with Crippen molar-refractivity contribution >= 4 is 23.9 Å². The van der Waals surface area contributed by atoms with Gasteiger partial charge >= 0.3 is 0 Å². The van der Waals surface area contributed by atoms with Gasteiger partial charge < -0.3 is 4.74 Å². The Kier molecular flexibility index (Phi) is 7.44. The molecule has 4 aromatic rings. The summed E-state index contributed by atoms with van der Waals surface area (Å²) in [6, 6.07) is 21.0. The van der Waals surface area contributed by atoms with Gasteiger partial charge in [0.05, 0.1) is 18.6 Å². The predicted octanol–water partition coefficient (Wildman–Crippen LogP) is 3.97. The Morgan fingerprint density at radius 1 is 1.09 bits per heavy atom. The smallest absolute Gasteiger partial charge is 0.250 e. The fraction of sp³-hybridized carbons (Fsp3) is 0.125. The topological polar surface area (TPSA) is 94.3 Å². The normalized spacial score (nSPS) is 10.9. The van der Waals surface area contributed by atoms with Crippen molar-refractivity contribution in [2.75, 3.05) is 12.4 Å². The number of rotatable bonds is 9. The van der Waals surface area contributed by atoms with E-state index in [1.807, 2.05) is 78.2 Å². The summed E-state index contributed by atoms with van der Waals surface area (Å²) in [6.07, 6.45) is 5.04. The number of carbonyl (C=O) groups excluding carboxylic acids is 1. The van der Waals surface area contributed by atoms with Gasteiger partial charge in [-0.3, -0.25) is 14.3 Å². The molecule has 0 aliphatic carbocycles. The molecule has 8 nitrogen and oxygen atoms in total. The number of amides is 1. The average molecular weight is 459 g/mol. The number of thioether (sulfide) groups is 1. The van der Waals surface area contributed by atoms with Gasteiger partial charge in [-0.15, -0.1) is 10.2 Å². The van der Waals surface area contributed by atoms with Crippen molar-refractivity contribution < 1.29 is 9.53 Å². The minimum Gasteiger partial charge on any atom is -0.494 e. The van der Waals surface area contributed by atoms with Crippen molar-refractivity contribution in [2.24, 2.45) is 5.10 Å². The quantitative estimate of drug-likeness (QED) is 0.232. The Morgan fingerprint density at radius 3 is 2.64 bits per heavy atom. The van der Waals surface area contributed by atoms with Crippen molar-refractivity contribution in [1.82, 2.24) is 25.2 Å². The van der Waals surface area contributed by atoms with E-state index in [2.05, 4.69) is 25.7 Å². The van der Waals surface area contributed by atoms with Crippen LogP contribution < -0.4 is 10.2 Å². The highest BCUT2D eigenvalue weighted by atomic mass is 32.2. The van der Waals surface area contributed by atoms with E-state index in [-0.39, 0.29) is 11.7 Å². The molecule has 1 N–H and O–H groups in total. The predicted molar refractivity (Wildman–Crippen MR) is 129 cm³/mol. The Bertz CT molecular complexity index is 1210. The summed E-state index contributed by atoms with van der Waals surface area (Å²) in [5.74, 6) is 1.31. The molecule has 2 heterocycles. The molecule has 9 heteroatoms.